The van der Waals surface area contributed by atoms with Crippen LogP contribution in [-0.2, 0) is 38.0 Å². The van der Waals surface area contributed by atoms with Crippen molar-refractivity contribution in [2.24, 2.45) is 0 Å². The first-order chi connectivity index (χ1) is 9.28. The molecular weight excluding hydrogens is 342 g/mol. The molecule has 1 unspecified atom stereocenters. The predicted molar refractivity (Wildman–Crippen MR) is 89.6 cm³/mol. The summed E-state index contributed by atoms with van der Waals surface area (Å²) in [4.78, 5) is 9.93. The van der Waals surface area contributed by atoms with Gasteiger partial charge >= 0.3 is 0 Å². The summed E-state index contributed by atoms with van der Waals surface area (Å²) < 4.78 is 12.1. The summed E-state index contributed by atoms with van der Waals surface area (Å²) in [6.07, 6.45) is 0.430. The predicted octanol–water partition coefficient (Wildman–Crippen LogP) is 4.78. The molecule has 0 spiro atoms. The number of hydrogen-bond acceptors (Lipinski definition) is 2. The summed E-state index contributed by atoms with van der Waals surface area (Å²) in [5, 5.41) is 10.6. The zero-order valence-corrected chi connectivity index (χ0v) is 16.5. The summed E-state index contributed by atoms with van der Waals surface area (Å²) in [6, 6.07) is 3.76. The molecule has 2 N–H and O–H groups in total. The van der Waals surface area contributed by atoms with E-state index in [1.165, 1.54) is 0 Å². The molecule has 0 fully saturated rings. The Morgan fingerprint density at radius 3 is 1.64 bits per heavy atom. The maximum Gasteiger partial charge on any atom is 0.204 e. The second-order valence-corrected chi connectivity index (χ2v) is 10.5. The topological polar surface area (TPSA) is 57.5 Å². The smallest absolute Gasteiger partial charge is 0.204 e. The molecule has 0 bridgehead atoms. The van der Waals surface area contributed by atoms with Gasteiger partial charge in [-0.3, -0.25) is 4.57 Å². The number of benzene rings is 1. The Morgan fingerprint density at radius 1 is 1.00 bits per heavy atom. The molecule has 1 aromatic rings. The van der Waals surface area contributed by atoms with Crippen LogP contribution in [0.15, 0.2) is 12.1 Å². The summed E-state index contributed by atoms with van der Waals surface area (Å²) in [5.41, 5.74) is 2.06. The minimum Gasteiger partial charge on any atom is -0.507 e. The molecule has 3 nitrogen and oxygen atoms in total. The minimum absolute atomic E-state index is 0. The second kappa shape index (κ2) is 7.08. The molecule has 5 heteroatoms. The minimum atomic E-state index is -3.14. The summed E-state index contributed by atoms with van der Waals surface area (Å²) in [6.45, 7) is 14.0. The van der Waals surface area contributed by atoms with Gasteiger partial charge in [-0.15, -0.1) is 0 Å². The molecule has 22 heavy (non-hydrogen) atoms. The number of phenols is 1. The van der Waals surface area contributed by atoms with Crippen molar-refractivity contribution in [2.45, 2.75) is 65.5 Å². The Morgan fingerprint density at radius 2 is 1.36 bits per heavy atom. The van der Waals surface area contributed by atoms with Crippen LogP contribution in [0.25, 0.3) is 0 Å². The summed E-state index contributed by atoms with van der Waals surface area (Å²) in [5.74, 6) is 0.308. The quantitative estimate of drug-likeness (QED) is 0.594. The van der Waals surface area contributed by atoms with E-state index in [-0.39, 0.29) is 39.6 Å². The van der Waals surface area contributed by atoms with Gasteiger partial charge in [-0.25, -0.2) is 0 Å². The molecule has 1 aromatic carbocycles. The fraction of sp³-hybridized carbons (Fsp3) is 0.647. The molecule has 0 aliphatic heterocycles. The van der Waals surface area contributed by atoms with Crippen molar-refractivity contribution in [3.63, 3.8) is 0 Å². The van der Waals surface area contributed by atoms with E-state index >= 15 is 0 Å². The van der Waals surface area contributed by atoms with E-state index in [1.54, 1.807) is 6.92 Å². The van der Waals surface area contributed by atoms with Crippen LogP contribution in [0.4, 0.5) is 0 Å². The standard InChI is InChI=1S/C17H29O3P.Ni/c1-8-21(19,20)11-12-9-13(16(2,3)4)15(18)14(10-12)17(5,6)7;/h9-10,18H,8,11H2,1-7H3,(H,19,20);. The van der Waals surface area contributed by atoms with Crippen molar-refractivity contribution in [1.82, 2.24) is 0 Å². The summed E-state index contributed by atoms with van der Waals surface area (Å²) >= 11 is 0. The largest absolute Gasteiger partial charge is 0.507 e. The Labute approximate surface area is 144 Å². The number of hydrogen-bond donors (Lipinski definition) is 2. The van der Waals surface area contributed by atoms with Crippen LogP contribution in [0.3, 0.4) is 0 Å². The van der Waals surface area contributed by atoms with Gasteiger partial charge in [0.05, 0.1) is 0 Å². The van der Waals surface area contributed by atoms with Crippen molar-refractivity contribution in [3.05, 3.63) is 28.8 Å². The van der Waals surface area contributed by atoms with Crippen LogP contribution >= 0.6 is 7.37 Å². The average Bonchev–Trinajstić information content (AvgIpc) is 2.28. The fourth-order valence-electron chi connectivity index (χ4n) is 2.33. The van der Waals surface area contributed by atoms with Gasteiger partial charge < -0.3 is 10.00 Å². The zero-order chi connectivity index (χ0) is 16.6. The third kappa shape index (κ3) is 5.41. The second-order valence-electron chi connectivity index (χ2n) is 7.86. The number of aromatic hydroxyl groups is 1. The molecule has 0 aliphatic rings. The van der Waals surface area contributed by atoms with Crippen LogP contribution in [0.1, 0.15) is 65.2 Å². The van der Waals surface area contributed by atoms with Gasteiger partial charge in [0.15, 0.2) is 0 Å². The molecule has 0 radical (unpaired) electrons. The SMILES string of the molecule is CCP(=O)(O)Cc1cc(C(C)(C)C)c(O)c(C(C)(C)C)c1.[Ni]. The third-order valence-corrected chi connectivity index (χ3v) is 5.56. The van der Waals surface area contributed by atoms with Gasteiger partial charge in [-0.05, 0) is 27.5 Å². The molecule has 0 amide bonds. The van der Waals surface area contributed by atoms with Crippen molar-refractivity contribution >= 4 is 7.37 Å². The fourth-order valence-corrected chi connectivity index (χ4v) is 3.30. The van der Waals surface area contributed by atoms with Crippen LogP contribution in [0.2, 0.25) is 0 Å². The molecule has 1 rings (SSSR count). The Balaban J connectivity index is 0.00000441. The van der Waals surface area contributed by atoms with Gasteiger partial charge in [-0.2, -0.15) is 0 Å². The molecule has 0 aromatic heterocycles. The molecule has 1 atom stereocenters. The third-order valence-electron chi connectivity index (χ3n) is 3.71. The Bertz CT molecular complexity index is 533. The number of phenolic OH excluding ortho intramolecular Hbond substituents is 1. The van der Waals surface area contributed by atoms with Gasteiger partial charge in [0.1, 0.15) is 5.75 Å². The van der Waals surface area contributed by atoms with Gasteiger partial charge in [-0.1, -0.05) is 60.6 Å². The Hall–Kier alpha value is -0.296. The van der Waals surface area contributed by atoms with Crippen LogP contribution in [0.5, 0.6) is 5.75 Å². The van der Waals surface area contributed by atoms with Gasteiger partial charge in [0.2, 0.25) is 7.37 Å². The first-order valence-corrected chi connectivity index (χ1v) is 9.48. The maximum absolute atomic E-state index is 12.1. The normalized spacial score (nSPS) is 15.1. The molecule has 130 valence electrons. The maximum atomic E-state index is 12.1. The van der Waals surface area contributed by atoms with Gasteiger partial charge in [0, 0.05) is 28.8 Å². The molecule has 0 saturated carbocycles. The van der Waals surface area contributed by atoms with E-state index in [2.05, 4.69) is 0 Å². The molecular formula is C17H29NiO3P. The average molecular weight is 371 g/mol. The molecule has 0 saturated heterocycles. The van der Waals surface area contributed by atoms with E-state index < -0.39 is 7.37 Å². The van der Waals surface area contributed by atoms with Crippen molar-refractivity contribution in [2.75, 3.05) is 6.16 Å². The van der Waals surface area contributed by atoms with E-state index in [0.29, 0.717) is 5.75 Å². The first-order valence-electron chi connectivity index (χ1n) is 7.45. The zero-order valence-electron chi connectivity index (χ0n) is 14.6. The number of rotatable bonds is 3. The van der Waals surface area contributed by atoms with Crippen molar-refractivity contribution in [3.8, 4) is 5.75 Å². The molecule has 0 heterocycles. The molecule has 0 aliphatic carbocycles. The van der Waals surface area contributed by atoms with Crippen LogP contribution < -0.4 is 0 Å². The van der Waals surface area contributed by atoms with E-state index in [4.69, 9.17) is 0 Å². The van der Waals surface area contributed by atoms with E-state index in [0.717, 1.165) is 16.7 Å². The summed E-state index contributed by atoms with van der Waals surface area (Å²) in [7, 11) is -3.14. The van der Waals surface area contributed by atoms with E-state index in [9.17, 15) is 14.6 Å². The van der Waals surface area contributed by atoms with Crippen molar-refractivity contribution in [1.29, 1.82) is 0 Å². The van der Waals surface area contributed by atoms with Crippen LogP contribution in [-0.4, -0.2) is 16.2 Å². The Kier molecular flexibility index (Phi) is 6.98. The monoisotopic (exact) mass is 370 g/mol. The first kappa shape index (κ1) is 21.7. The van der Waals surface area contributed by atoms with E-state index in [1.807, 2.05) is 53.7 Å². The van der Waals surface area contributed by atoms with Crippen molar-refractivity contribution < 1.29 is 31.1 Å². The van der Waals surface area contributed by atoms with Gasteiger partial charge in [0.25, 0.3) is 0 Å². The van der Waals surface area contributed by atoms with Crippen LogP contribution in [0, 0.1) is 0 Å².